The van der Waals surface area contributed by atoms with Gasteiger partial charge in [0.15, 0.2) is 11.5 Å². The molecule has 34 heavy (non-hydrogen) atoms. The number of aromatic nitrogens is 4. The molecule has 3 aromatic heterocycles. The monoisotopic (exact) mass is 462 g/mol. The highest BCUT2D eigenvalue weighted by Gasteiger charge is 2.24. The molecule has 1 unspecified atom stereocenters. The number of aliphatic imine (C=N–C) groups is 1. The van der Waals surface area contributed by atoms with Crippen molar-refractivity contribution in [1.82, 2.24) is 19.4 Å². The van der Waals surface area contributed by atoms with Crippen LogP contribution >= 0.6 is 0 Å². The van der Waals surface area contributed by atoms with Gasteiger partial charge in [0.2, 0.25) is 0 Å². The Balaban J connectivity index is 0.000000895. The topological polar surface area (TPSA) is 67.5 Å². The number of nitrogens with one attached hydrogen (secondary N) is 1. The maximum Gasteiger partial charge on any atom is 0.180 e. The van der Waals surface area contributed by atoms with Crippen LogP contribution in [0.3, 0.4) is 0 Å². The molecule has 0 spiro atoms. The van der Waals surface area contributed by atoms with Crippen molar-refractivity contribution < 1.29 is 0 Å². The molecule has 0 saturated heterocycles. The van der Waals surface area contributed by atoms with E-state index in [9.17, 15) is 0 Å². The fourth-order valence-corrected chi connectivity index (χ4v) is 4.01. The molecule has 0 aromatic carbocycles. The lowest BCUT2D eigenvalue weighted by Gasteiger charge is -2.12. The molecule has 1 saturated carbocycles. The first-order valence-electron chi connectivity index (χ1n) is 11.8. The van der Waals surface area contributed by atoms with E-state index in [1.807, 2.05) is 69.0 Å². The molecule has 1 N–H and O–H groups in total. The molecular weight excluding hydrogens is 420 g/mol. The fourth-order valence-electron chi connectivity index (χ4n) is 4.01. The summed E-state index contributed by atoms with van der Waals surface area (Å²) < 4.78 is 2.03. The van der Waals surface area contributed by atoms with Gasteiger partial charge in [-0.25, -0.2) is 9.97 Å². The number of fused-ring (bicyclic) bond motifs is 1. The molecule has 1 aliphatic carbocycles. The predicted octanol–water partition coefficient (Wildman–Crippen LogP) is 7.73. The summed E-state index contributed by atoms with van der Waals surface area (Å²) in [6.07, 6.45) is 16.8. The summed E-state index contributed by atoms with van der Waals surface area (Å²) in [5.41, 5.74) is 4.96. The van der Waals surface area contributed by atoms with Crippen molar-refractivity contribution in [2.75, 3.05) is 12.4 Å². The van der Waals surface area contributed by atoms with Gasteiger partial charge in [0, 0.05) is 54.7 Å². The number of hydrogen-bond donors (Lipinski definition) is 1. The highest BCUT2D eigenvalue weighted by atomic mass is 15.1. The smallest absolute Gasteiger partial charge is 0.180 e. The Morgan fingerprint density at radius 3 is 2.53 bits per heavy atom. The van der Waals surface area contributed by atoms with Gasteiger partial charge in [0.1, 0.15) is 0 Å². The molecule has 0 amide bonds. The minimum Gasteiger partial charge on any atom is -0.337 e. The Bertz CT molecular complexity index is 1080. The van der Waals surface area contributed by atoms with Gasteiger partial charge < -0.3 is 5.32 Å². The van der Waals surface area contributed by atoms with Gasteiger partial charge >= 0.3 is 0 Å². The largest absolute Gasteiger partial charge is 0.337 e. The van der Waals surface area contributed by atoms with E-state index in [2.05, 4.69) is 44.8 Å². The van der Waals surface area contributed by atoms with Crippen molar-refractivity contribution in [1.29, 1.82) is 0 Å². The summed E-state index contributed by atoms with van der Waals surface area (Å²) in [5.74, 6) is 2.08. The Labute approximate surface area is 206 Å². The first kappa shape index (κ1) is 28.8. The van der Waals surface area contributed by atoms with Crippen LogP contribution in [0.4, 0.5) is 11.5 Å². The van der Waals surface area contributed by atoms with E-state index >= 15 is 0 Å². The van der Waals surface area contributed by atoms with Crippen LogP contribution in [-0.4, -0.2) is 32.6 Å². The quantitative estimate of drug-likeness (QED) is 0.311. The predicted molar refractivity (Wildman–Crippen MR) is 148 cm³/mol. The fraction of sp³-hybridized carbons (Fsp3) is 0.429. The number of nitrogens with zero attached hydrogens (tertiary/aromatic N) is 5. The number of imidazole rings is 1. The highest BCUT2D eigenvalue weighted by molar-refractivity contribution is 6.09. The number of pyridine rings is 1. The van der Waals surface area contributed by atoms with Gasteiger partial charge in [-0.15, -0.1) is 6.58 Å². The number of allylic oxidation sites excluding steroid dienone is 3. The second-order valence-corrected chi connectivity index (χ2v) is 7.86. The van der Waals surface area contributed by atoms with E-state index in [4.69, 9.17) is 0 Å². The second kappa shape index (κ2) is 14.8. The van der Waals surface area contributed by atoms with Crippen molar-refractivity contribution in [3.8, 4) is 0 Å². The van der Waals surface area contributed by atoms with Gasteiger partial charge in [-0.2, -0.15) is 0 Å². The van der Waals surface area contributed by atoms with Gasteiger partial charge in [-0.1, -0.05) is 46.8 Å². The first-order valence-corrected chi connectivity index (χ1v) is 11.8. The maximum atomic E-state index is 4.62. The number of rotatable bonds is 5. The normalized spacial score (nSPS) is 17.3. The molecule has 184 valence electrons. The molecule has 1 fully saturated rings. The van der Waals surface area contributed by atoms with Crippen molar-refractivity contribution in [3.05, 3.63) is 67.0 Å². The van der Waals surface area contributed by atoms with E-state index < -0.39 is 0 Å². The molecule has 0 aliphatic heterocycles. The third kappa shape index (κ3) is 7.11. The SMILES string of the molecule is C.C/C=C(\C=NC)c1cnc2c(Nc3ccnc(C4CC[C@@H](C)C4)c3)nccn12.C=CC.CC. The minimum atomic E-state index is 0. The molecule has 0 bridgehead atoms. The average Bonchev–Trinajstić information content (AvgIpc) is 3.47. The number of hydrogen-bond acceptors (Lipinski definition) is 5. The Morgan fingerprint density at radius 2 is 1.91 bits per heavy atom. The third-order valence-corrected chi connectivity index (χ3v) is 5.46. The molecule has 3 heterocycles. The Hall–Kier alpha value is -3.28. The highest BCUT2D eigenvalue weighted by Crippen LogP contribution is 2.37. The van der Waals surface area contributed by atoms with E-state index in [1.165, 1.54) is 25.0 Å². The van der Waals surface area contributed by atoms with Gasteiger partial charge in [-0.05, 0) is 44.7 Å². The molecule has 6 heteroatoms. The van der Waals surface area contributed by atoms with Crippen LogP contribution in [-0.2, 0) is 0 Å². The zero-order chi connectivity index (χ0) is 24.2. The van der Waals surface area contributed by atoms with E-state index in [0.717, 1.165) is 34.3 Å². The van der Waals surface area contributed by atoms with Crippen LogP contribution in [0.15, 0.2) is 60.6 Å². The van der Waals surface area contributed by atoms with E-state index in [0.29, 0.717) is 5.92 Å². The lowest BCUT2D eigenvalue weighted by molar-refractivity contribution is 0.592. The summed E-state index contributed by atoms with van der Waals surface area (Å²) >= 11 is 0. The summed E-state index contributed by atoms with van der Waals surface area (Å²) in [6.45, 7) is 13.6. The number of anilines is 2. The van der Waals surface area contributed by atoms with Crippen molar-refractivity contribution in [2.45, 2.75) is 67.2 Å². The van der Waals surface area contributed by atoms with Gasteiger partial charge in [0.25, 0.3) is 0 Å². The Morgan fingerprint density at radius 1 is 1.18 bits per heavy atom. The van der Waals surface area contributed by atoms with E-state index in [1.54, 1.807) is 19.3 Å². The molecule has 1 aliphatic rings. The average molecular weight is 463 g/mol. The summed E-state index contributed by atoms with van der Waals surface area (Å²) in [5, 5.41) is 3.44. The lowest BCUT2D eigenvalue weighted by atomic mass is 10.0. The van der Waals surface area contributed by atoms with Crippen LogP contribution < -0.4 is 5.32 Å². The lowest BCUT2D eigenvalue weighted by Crippen LogP contribution is -2.02. The molecule has 0 radical (unpaired) electrons. The van der Waals surface area contributed by atoms with Crippen LogP contribution in [0.1, 0.15) is 78.6 Å². The summed E-state index contributed by atoms with van der Waals surface area (Å²) in [7, 11) is 1.77. The first-order chi connectivity index (χ1) is 16.1. The zero-order valence-electron chi connectivity index (χ0n) is 20.9. The van der Waals surface area contributed by atoms with Crippen molar-refractivity contribution in [3.63, 3.8) is 0 Å². The van der Waals surface area contributed by atoms with Crippen LogP contribution in [0.5, 0.6) is 0 Å². The molecule has 4 rings (SSSR count). The van der Waals surface area contributed by atoms with Crippen molar-refractivity contribution >= 4 is 28.9 Å². The molecule has 3 aromatic rings. The van der Waals surface area contributed by atoms with Gasteiger partial charge in [-0.3, -0.25) is 14.4 Å². The van der Waals surface area contributed by atoms with E-state index in [-0.39, 0.29) is 7.43 Å². The second-order valence-electron chi connectivity index (χ2n) is 7.86. The summed E-state index contributed by atoms with van der Waals surface area (Å²) in [6, 6.07) is 4.14. The molecule has 2 atom stereocenters. The van der Waals surface area contributed by atoms with Crippen LogP contribution in [0.2, 0.25) is 0 Å². The van der Waals surface area contributed by atoms with Gasteiger partial charge in [0.05, 0.1) is 11.9 Å². The summed E-state index contributed by atoms with van der Waals surface area (Å²) in [4.78, 5) is 17.9. The zero-order valence-corrected chi connectivity index (χ0v) is 20.9. The van der Waals surface area contributed by atoms with Crippen LogP contribution in [0, 0.1) is 5.92 Å². The Kier molecular flexibility index (Phi) is 12.5. The van der Waals surface area contributed by atoms with Crippen LogP contribution in [0.25, 0.3) is 11.2 Å². The van der Waals surface area contributed by atoms with Crippen molar-refractivity contribution in [2.24, 2.45) is 10.9 Å². The molecule has 6 nitrogen and oxygen atoms in total. The minimum absolute atomic E-state index is 0. The third-order valence-electron chi connectivity index (χ3n) is 5.46. The maximum absolute atomic E-state index is 4.62. The standard InChI is InChI=1S/C22H26N6.C3H6.C2H6.CH4/c1-4-16(13-23-3)20-14-26-22-21(25-9-10-28(20)22)27-18-7-8-24-19(12-18)17-6-5-15(2)11-17;1-3-2;1-2;/h4,7-10,12-15,17H,5-6,11H2,1-3H3,(H,24,25,27);3H,1H2,2H3;1-2H3;1H4/b16-4+,23-13?;;;/t15-,17?;;;/m1.../s1. The molecular formula is C28H42N6.